The van der Waals surface area contributed by atoms with E-state index in [9.17, 15) is 4.79 Å². The minimum atomic E-state index is -0.485. The SMILES string of the molecule is COc1ccc(CN2CCN(C(=O)OC(C)(C)C)CC2C)cc1-c1ccnc(Cl)n1. The quantitative estimate of drug-likeness (QED) is 0.673. The average molecular weight is 433 g/mol. The zero-order chi connectivity index (χ0) is 21.9. The molecule has 1 saturated heterocycles. The number of piperazine rings is 1. The molecule has 1 aliphatic heterocycles. The van der Waals surface area contributed by atoms with E-state index >= 15 is 0 Å². The third-order valence-corrected chi connectivity index (χ3v) is 5.15. The number of carbonyl (C=O) groups is 1. The fourth-order valence-electron chi connectivity index (χ4n) is 3.50. The molecule has 1 atom stereocenters. The normalized spacial score (nSPS) is 17.7. The summed E-state index contributed by atoms with van der Waals surface area (Å²) in [6, 6.07) is 8.10. The molecule has 1 aromatic heterocycles. The number of methoxy groups -OCH3 is 1. The number of ether oxygens (including phenoxy) is 2. The van der Waals surface area contributed by atoms with E-state index in [-0.39, 0.29) is 17.4 Å². The molecule has 0 N–H and O–H groups in total. The van der Waals surface area contributed by atoms with Gasteiger partial charge in [0.25, 0.3) is 0 Å². The largest absolute Gasteiger partial charge is 0.496 e. The maximum absolute atomic E-state index is 12.4. The zero-order valence-corrected chi connectivity index (χ0v) is 18.9. The van der Waals surface area contributed by atoms with Gasteiger partial charge in [-0.2, -0.15) is 0 Å². The van der Waals surface area contributed by atoms with Crippen molar-refractivity contribution < 1.29 is 14.3 Å². The number of aromatic nitrogens is 2. The lowest BCUT2D eigenvalue weighted by molar-refractivity contribution is 0.00461. The van der Waals surface area contributed by atoms with E-state index in [1.165, 1.54) is 0 Å². The number of rotatable bonds is 4. The number of hydrogen-bond acceptors (Lipinski definition) is 6. The molecule has 1 fully saturated rings. The molecule has 0 bridgehead atoms. The minimum Gasteiger partial charge on any atom is -0.496 e. The Morgan fingerprint density at radius 3 is 2.67 bits per heavy atom. The molecule has 0 radical (unpaired) electrons. The molecule has 7 nitrogen and oxygen atoms in total. The molecular formula is C22H29ClN4O3. The molecule has 2 heterocycles. The van der Waals surface area contributed by atoms with Gasteiger partial charge in [-0.15, -0.1) is 0 Å². The van der Waals surface area contributed by atoms with Gasteiger partial charge in [0.2, 0.25) is 5.28 Å². The van der Waals surface area contributed by atoms with Crippen LogP contribution in [-0.4, -0.2) is 64.2 Å². The highest BCUT2D eigenvalue weighted by Gasteiger charge is 2.29. The molecule has 1 amide bonds. The first-order chi connectivity index (χ1) is 14.2. The number of carbonyl (C=O) groups excluding carboxylic acids is 1. The average Bonchev–Trinajstić information content (AvgIpc) is 2.68. The zero-order valence-electron chi connectivity index (χ0n) is 18.2. The van der Waals surface area contributed by atoms with Crippen LogP contribution in [0, 0.1) is 0 Å². The molecule has 1 unspecified atom stereocenters. The standard InChI is InChI=1S/C22H29ClN4O3/c1-15-13-27(21(28)30-22(2,3)4)11-10-26(15)14-16-6-7-19(29-5)17(12-16)18-8-9-24-20(23)25-18/h6-9,12,15H,10-11,13-14H2,1-5H3. The van der Waals surface area contributed by atoms with Crippen LogP contribution in [0.1, 0.15) is 33.3 Å². The fourth-order valence-corrected chi connectivity index (χ4v) is 3.64. The van der Waals surface area contributed by atoms with E-state index in [1.807, 2.05) is 32.9 Å². The van der Waals surface area contributed by atoms with Crippen LogP contribution >= 0.6 is 11.6 Å². The summed E-state index contributed by atoms with van der Waals surface area (Å²) in [7, 11) is 1.64. The van der Waals surface area contributed by atoms with E-state index in [0.29, 0.717) is 13.1 Å². The van der Waals surface area contributed by atoms with Crippen molar-refractivity contribution in [3.8, 4) is 17.0 Å². The van der Waals surface area contributed by atoms with Crippen LogP contribution < -0.4 is 4.74 Å². The van der Waals surface area contributed by atoms with E-state index in [4.69, 9.17) is 21.1 Å². The summed E-state index contributed by atoms with van der Waals surface area (Å²) in [4.78, 5) is 24.8. The molecule has 8 heteroatoms. The van der Waals surface area contributed by atoms with Gasteiger partial charge in [0, 0.05) is 44.0 Å². The van der Waals surface area contributed by atoms with Gasteiger partial charge in [0.1, 0.15) is 11.4 Å². The second kappa shape index (κ2) is 9.18. The van der Waals surface area contributed by atoms with Crippen molar-refractivity contribution in [2.24, 2.45) is 0 Å². The molecule has 2 aromatic rings. The number of amides is 1. The number of benzene rings is 1. The predicted octanol–water partition coefficient (Wildman–Crippen LogP) is 4.25. The van der Waals surface area contributed by atoms with Gasteiger partial charge in [-0.05, 0) is 63.1 Å². The van der Waals surface area contributed by atoms with Crippen LogP contribution in [0.2, 0.25) is 5.28 Å². The Labute approximate surface area is 183 Å². The highest BCUT2D eigenvalue weighted by atomic mass is 35.5. The Hall–Kier alpha value is -2.38. The van der Waals surface area contributed by atoms with E-state index < -0.39 is 5.60 Å². The molecule has 0 aliphatic carbocycles. The second-order valence-corrected chi connectivity index (χ2v) is 8.83. The third-order valence-electron chi connectivity index (χ3n) is 4.97. The first-order valence-corrected chi connectivity index (χ1v) is 10.4. The van der Waals surface area contributed by atoms with Gasteiger partial charge >= 0.3 is 6.09 Å². The van der Waals surface area contributed by atoms with E-state index in [1.54, 1.807) is 18.2 Å². The van der Waals surface area contributed by atoms with Crippen LogP contribution in [0.3, 0.4) is 0 Å². The summed E-state index contributed by atoms with van der Waals surface area (Å²) >= 11 is 5.97. The van der Waals surface area contributed by atoms with Crippen LogP contribution in [-0.2, 0) is 11.3 Å². The van der Waals surface area contributed by atoms with Crippen LogP contribution in [0.4, 0.5) is 4.79 Å². The molecule has 1 aliphatic rings. The van der Waals surface area contributed by atoms with Gasteiger partial charge in [-0.25, -0.2) is 14.8 Å². The van der Waals surface area contributed by atoms with E-state index in [2.05, 4.69) is 33.9 Å². The fraction of sp³-hybridized carbons (Fsp3) is 0.500. The summed E-state index contributed by atoms with van der Waals surface area (Å²) < 4.78 is 11.0. The summed E-state index contributed by atoms with van der Waals surface area (Å²) in [5.41, 5.74) is 2.25. The highest BCUT2D eigenvalue weighted by Crippen LogP contribution is 2.31. The molecule has 0 saturated carbocycles. The molecule has 3 rings (SSSR count). The summed E-state index contributed by atoms with van der Waals surface area (Å²) in [5.74, 6) is 0.733. The Kier molecular flexibility index (Phi) is 6.83. The maximum Gasteiger partial charge on any atom is 0.410 e. The monoisotopic (exact) mass is 432 g/mol. The van der Waals surface area contributed by atoms with Crippen molar-refractivity contribution in [2.45, 2.75) is 45.9 Å². The maximum atomic E-state index is 12.4. The van der Waals surface area contributed by atoms with Gasteiger partial charge < -0.3 is 14.4 Å². The van der Waals surface area contributed by atoms with Crippen molar-refractivity contribution in [2.75, 3.05) is 26.7 Å². The molecule has 162 valence electrons. The second-order valence-electron chi connectivity index (χ2n) is 8.49. The predicted molar refractivity (Wildman–Crippen MR) is 117 cm³/mol. The Bertz CT molecular complexity index is 900. The van der Waals surface area contributed by atoms with Gasteiger partial charge in [-0.3, -0.25) is 4.90 Å². The summed E-state index contributed by atoms with van der Waals surface area (Å²) in [6.45, 7) is 10.6. The molecule has 0 spiro atoms. The summed E-state index contributed by atoms with van der Waals surface area (Å²) in [6.07, 6.45) is 1.38. The first-order valence-electron chi connectivity index (χ1n) is 10.0. The number of halogens is 1. The lowest BCUT2D eigenvalue weighted by Crippen LogP contribution is -2.54. The van der Waals surface area contributed by atoms with Crippen molar-refractivity contribution in [3.05, 3.63) is 41.3 Å². The van der Waals surface area contributed by atoms with Crippen LogP contribution in [0.25, 0.3) is 11.3 Å². The van der Waals surface area contributed by atoms with Crippen molar-refractivity contribution in [3.63, 3.8) is 0 Å². The smallest absolute Gasteiger partial charge is 0.410 e. The lowest BCUT2D eigenvalue weighted by atomic mass is 10.0. The van der Waals surface area contributed by atoms with E-state index in [0.717, 1.165) is 35.7 Å². The van der Waals surface area contributed by atoms with Crippen molar-refractivity contribution >= 4 is 17.7 Å². The summed E-state index contributed by atoms with van der Waals surface area (Å²) in [5, 5.41) is 0.201. The van der Waals surface area contributed by atoms with Crippen LogP contribution in [0.15, 0.2) is 30.5 Å². The Morgan fingerprint density at radius 1 is 1.27 bits per heavy atom. The van der Waals surface area contributed by atoms with Gasteiger partial charge in [0.05, 0.1) is 12.8 Å². The minimum absolute atomic E-state index is 0.201. The first kappa shape index (κ1) is 22.3. The van der Waals surface area contributed by atoms with Crippen LogP contribution in [0.5, 0.6) is 5.75 Å². The Balaban J connectivity index is 1.71. The van der Waals surface area contributed by atoms with Gasteiger partial charge in [0.15, 0.2) is 0 Å². The van der Waals surface area contributed by atoms with Gasteiger partial charge in [-0.1, -0.05) is 6.07 Å². The molecular weight excluding hydrogens is 404 g/mol. The van der Waals surface area contributed by atoms with Crippen molar-refractivity contribution in [1.29, 1.82) is 0 Å². The van der Waals surface area contributed by atoms with Crippen molar-refractivity contribution in [1.82, 2.24) is 19.8 Å². The highest BCUT2D eigenvalue weighted by molar-refractivity contribution is 6.28. The molecule has 1 aromatic carbocycles. The lowest BCUT2D eigenvalue weighted by Gasteiger charge is -2.40. The number of nitrogens with zero attached hydrogens (tertiary/aromatic N) is 4. The Morgan fingerprint density at radius 2 is 2.03 bits per heavy atom. The topological polar surface area (TPSA) is 67.8 Å². The number of hydrogen-bond donors (Lipinski definition) is 0. The molecule has 30 heavy (non-hydrogen) atoms. The third kappa shape index (κ3) is 5.61.